The maximum Gasteiger partial charge on any atom is 0.328 e. The summed E-state index contributed by atoms with van der Waals surface area (Å²) in [6.07, 6.45) is 1.35. The highest BCUT2D eigenvalue weighted by Crippen LogP contribution is 2.25. The number of nitrogens with one attached hydrogen (secondary N) is 1. The number of nitro groups is 1. The average molecular weight is 262 g/mol. The molecule has 7 heteroatoms. The van der Waals surface area contributed by atoms with E-state index in [0.29, 0.717) is 19.8 Å². The molecule has 0 aromatic carbocycles. The van der Waals surface area contributed by atoms with Crippen molar-refractivity contribution in [2.75, 3.05) is 25.1 Å². The fraction of sp³-hybridized carbons (Fsp3) is 0.333. The van der Waals surface area contributed by atoms with Crippen LogP contribution in [0.4, 0.5) is 11.5 Å². The maximum atomic E-state index is 10.9. The zero-order valence-electron chi connectivity index (χ0n) is 10.5. The molecular formula is C12H14N4O3. The number of ether oxygens (including phenoxy) is 1. The summed E-state index contributed by atoms with van der Waals surface area (Å²) in [6.45, 7) is 6.69. The monoisotopic (exact) mass is 262 g/mol. The molecule has 1 N–H and O–H groups in total. The molecule has 1 aromatic heterocycles. The number of anilines is 1. The van der Waals surface area contributed by atoms with Gasteiger partial charge in [-0.1, -0.05) is 12.2 Å². The van der Waals surface area contributed by atoms with Crippen molar-refractivity contribution in [2.45, 2.75) is 6.92 Å². The minimum atomic E-state index is -0.622. The Morgan fingerprint density at radius 1 is 1.74 bits per heavy atom. The van der Waals surface area contributed by atoms with Crippen LogP contribution in [-0.2, 0) is 4.74 Å². The Hall–Kier alpha value is -2.46. The number of aromatic nitrogens is 1. The van der Waals surface area contributed by atoms with Gasteiger partial charge in [0.15, 0.2) is 0 Å². The summed E-state index contributed by atoms with van der Waals surface area (Å²) in [7, 11) is 0. The first-order valence-electron chi connectivity index (χ1n) is 5.55. The van der Waals surface area contributed by atoms with Gasteiger partial charge in [-0.2, -0.15) is 5.26 Å². The van der Waals surface area contributed by atoms with Gasteiger partial charge in [0.2, 0.25) is 5.82 Å². The summed E-state index contributed by atoms with van der Waals surface area (Å²) in [6, 6.07) is 3.08. The lowest BCUT2D eigenvalue weighted by molar-refractivity contribution is -0.384. The molecule has 0 bridgehead atoms. The van der Waals surface area contributed by atoms with Gasteiger partial charge in [-0.3, -0.25) is 10.1 Å². The Morgan fingerprint density at radius 2 is 2.47 bits per heavy atom. The highest BCUT2D eigenvalue weighted by atomic mass is 16.6. The average Bonchev–Trinajstić information content (AvgIpc) is 2.37. The molecule has 0 atom stereocenters. The predicted octanol–water partition coefficient (Wildman–Crippen LogP) is 1.87. The van der Waals surface area contributed by atoms with Crippen LogP contribution in [0.3, 0.4) is 0 Å². The largest absolute Gasteiger partial charge is 0.375 e. The van der Waals surface area contributed by atoms with Crippen LogP contribution in [0.15, 0.2) is 24.4 Å². The van der Waals surface area contributed by atoms with E-state index in [9.17, 15) is 10.1 Å². The lowest BCUT2D eigenvalue weighted by atomic mass is 10.2. The van der Waals surface area contributed by atoms with Crippen LogP contribution in [0.1, 0.15) is 12.5 Å². The second-order valence-electron chi connectivity index (χ2n) is 3.86. The van der Waals surface area contributed by atoms with Crippen molar-refractivity contribution in [3.05, 3.63) is 40.1 Å². The van der Waals surface area contributed by atoms with Crippen LogP contribution in [0.25, 0.3) is 0 Å². The normalized spacial score (nSPS) is 9.68. The Balaban J connectivity index is 2.66. The third-order valence-corrected chi connectivity index (χ3v) is 2.11. The molecule has 1 rings (SSSR count). The van der Waals surface area contributed by atoms with Gasteiger partial charge in [-0.25, -0.2) is 4.98 Å². The lowest BCUT2D eigenvalue weighted by Gasteiger charge is -2.07. The minimum absolute atomic E-state index is 0.0228. The molecule has 0 aliphatic carbocycles. The topological polar surface area (TPSA) is 101 Å². The van der Waals surface area contributed by atoms with Crippen LogP contribution in [0, 0.1) is 21.4 Å². The SMILES string of the molecule is C=C(C)COCCNc1nccc(C#N)c1[N+](=O)[O-]. The van der Waals surface area contributed by atoms with E-state index >= 15 is 0 Å². The van der Waals surface area contributed by atoms with Gasteiger partial charge >= 0.3 is 5.69 Å². The Labute approximate surface area is 110 Å². The summed E-state index contributed by atoms with van der Waals surface area (Å²) < 4.78 is 5.25. The molecule has 0 saturated heterocycles. The molecule has 0 radical (unpaired) electrons. The first-order chi connectivity index (χ1) is 9.06. The van der Waals surface area contributed by atoms with Crippen LogP contribution in [0.5, 0.6) is 0 Å². The van der Waals surface area contributed by atoms with Gasteiger partial charge < -0.3 is 10.1 Å². The third-order valence-electron chi connectivity index (χ3n) is 2.11. The van der Waals surface area contributed by atoms with E-state index in [1.54, 1.807) is 6.07 Å². The molecule has 0 fully saturated rings. The van der Waals surface area contributed by atoms with Crippen LogP contribution in [0.2, 0.25) is 0 Å². The van der Waals surface area contributed by atoms with E-state index in [-0.39, 0.29) is 17.1 Å². The Kier molecular flexibility index (Phi) is 5.44. The highest BCUT2D eigenvalue weighted by molar-refractivity contribution is 5.63. The van der Waals surface area contributed by atoms with Gasteiger partial charge in [-0.15, -0.1) is 0 Å². The summed E-state index contributed by atoms with van der Waals surface area (Å²) in [4.78, 5) is 14.2. The van der Waals surface area contributed by atoms with E-state index in [2.05, 4.69) is 16.9 Å². The van der Waals surface area contributed by atoms with E-state index in [1.807, 2.05) is 6.92 Å². The van der Waals surface area contributed by atoms with Gasteiger partial charge in [0, 0.05) is 12.7 Å². The van der Waals surface area contributed by atoms with Crippen molar-refractivity contribution >= 4 is 11.5 Å². The van der Waals surface area contributed by atoms with Crippen molar-refractivity contribution in [2.24, 2.45) is 0 Å². The molecule has 7 nitrogen and oxygen atoms in total. The fourth-order valence-corrected chi connectivity index (χ4v) is 1.35. The molecule has 0 amide bonds. The molecular weight excluding hydrogens is 248 g/mol. The number of nitrogens with zero attached hydrogens (tertiary/aromatic N) is 3. The second kappa shape index (κ2) is 7.08. The first kappa shape index (κ1) is 14.6. The number of nitriles is 1. The van der Waals surface area contributed by atoms with Crippen molar-refractivity contribution in [3.63, 3.8) is 0 Å². The standard InChI is InChI=1S/C12H14N4O3/c1-9(2)8-19-6-5-15-12-11(16(17)18)10(7-13)3-4-14-12/h3-4H,1,5-6,8H2,2H3,(H,14,15). The minimum Gasteiger partial charge on any atom is -0.375 e. The number of hydrogen-bond donors (Lipinski definition) is 1. The quantitative estimate of drug-likeness (QED) is 0.348. The smallest absolute Gasteiger partial charge is 0.328 e. The lowest BCUT2D eigenvalue weighted by Crippen LogP contribution is -2.13. The van der Waals surface area contributed by atoms with E-state index in [4.69, 9.17) is 10.00 Å². The third kappa shape index (κ3) is 4.37. The molecule has 0 unspecified atom stereocenters. The van der Waals surface area contributed by atoms with Crippen molar-refractivity contribution in [1.82, 2.24) is 4.98 Å². The second-order valence-corrected chi connectivity index (χ2v) is 3.86. The van der Waals surface area contributed by atoms with Gasteiger partial charge in [0.05, 0.1) is 18.1 Å². The molecule has 0 aliphatic rings. The highest BCUT2D eigenvalue weighted by Gasteiger charge is 2.20. The zero-order chi connectivity index (χ0) is 14.3. The summed E-state index contributed by atoms with van der Waals surface area (Å²) in [5.74, 6) is 0.0722. The maximum absolute atomic E-state index is 10.9. The van der Waals surface area contributed by atoms with Gasteiger partial charge in [-0.05, 0) is 13.0 Å². The van der Waals surface area contributed by atoms with Gasteiger partial charge in [0.25, 0.3) is 0 Å². The van der Waals surface area contributed by atoms with Crippen LogP contribution >= 0.6 is 0 Å². The predicted molar refractivity (Wildman–Crippen MR) is 69.7 cm³/mol. The number of hydrogen-bond acceptors (Lipinski definition) is 6. The van der Waals surface area contributed by atoms with Crippen LogP contribution in [-0.4, -0.2) is 29.7 Å². The van der Waals surface area contributed by atoms with E-state index in [0.717, 1.165) is 5.57 Å². The molecule has 0 spiro atoms. The van der Waals surface area contributed by atoms with Crippen molar-refractivity contribution in [1.29, 1.82) is 5.26 Å². The molecule has 100 valence electrons. The number of pyridine rings is 1. The van der Waals surface area contributed by atoms with Gasteiger partial charge in [0.1, 0.15) is 11.6 Å². The first-order valence-corrected chi connectivity index (χ1v) is 5.55. The molecule has 1 aromatic rings. The Bertz CT molecular complexity index is 522. The molecule has 0 saturated carbocycles. The summed E-state index contributed by atoms with van der Waals surface area (Å²) >= 11 is 0. The fourth-order valence-electron chi connectivity index (χ4n) is 1.35. The zero-order valence-corrected chi connectivity index (χ0v) is 10.5. The Morgan fingerprint density at radius 3 is 3.05 bits per heavy atom. The molecule has 19 heavy (non-hydrogen) atoms. The molecule has 0 aliphatic heterocycles. The number of rotatable bonds is 7. The van der Waals surface area contributed by atoms with Crippen LogP contribution < -0.4 is 5.32 Å². The summed E-state index contributed by atoms with van der Waals surface area (Å²) in [5, 5.41) is 22.5. The van der Waals surface area contributed by atoms with E-state index in [1.165, 1.54) is 12.3 Å². The van der Waals surface area contributed by atoms with Crippen molar-refractivity contribution in [3.8, 4) is 6.07 Å². The van der Waals surface area contributed by atoms with E-state index < -0.39 is 4.92 Å². The van der Waals surface area contributed by atoms with Crippen molar-refractivity contribution < 1.29 is 9.66 Å². The molecule has 1 heterocycles. The summed E-state index contributed by atoms with van der Waals surface area (Å²) in [5.41, 5.74) is 0.561.